The van der Waals surface area contributed by atoms with Crippen LogP contribution in [0, 0.1) is 11.6 Å². The molecule has 3 rings (SSSR count). The molecule has 0 N–H and O–H groups in total. The van der Waals surface area contributed by atoms with Crippen LogP contribution in [0.4, 0.5) is 8.78 Å². The first-order valence-electron chi connectivity index (χ1n) is 6.85. The molecule has 0 saturated carbocycles. The number of nitrogens with zero attached hydrogens (tertiary/aromatic N) is 3. The Morgan fingerprint density at radius 3 is 2.78 bits per heavy atom. The third-order valence-corrected chi connectivity index (χ3v) is 5.34. The topological polar surface area (TPSA) is 72.4 Å². The molecule has 1 aromatic carbocycles. The molecule has 1 aromatic heterocycles. The van der Waals surface area contributed by atoms with Crippen molar-refractivity contribution < 1.29 is 21.9 Å². The summed E-state index contributed by atoms with van der Waals surface area (Å²) in [6, 6.07) is 2.40. The minimum absolute atomic E-state index is 0.0652. The Bertz CT molecular complexity index is 802. The lowest BCUT2D eigenvalue weighted by Crippen LogP contribution is -2.31. The van der Waals surface area contributed by atoms with Crippen molar-refractivity contribution in [3.8, 4) is 5.88 Å². The molecule has 23 heavy (non-hydrogen) atoms. The molecule has 0 bridgehead atoms. The summed E-state index contributed by atoms with van der Waals surface area (Å²) in [6.07, 6.45) is 4.43. The number of aromatic nitrogens is 2. The Hall–Kier alpha value is -2.13. The minimum atomic E-state index is -4.04. The van der Waals surface area contributed by atoms with E-state index < -0.39 is 32.7 Å². The van der Waals surface area contributed by atoms with Crippen molar-refractivity contribution in [1.29, 1.82) is 0 Å². The normalized spacial score (nSPS) is 19.0. The standard InChI is InChI=1S/C14H13F2N3O3S/c15-10-1-2-13(12(16)7-10)23(20,21)19-6-3-11(9-19)22-14-8-17-4-5-18-14/h1-2,4-5,7-8,11H,3,6,9H2. The van der Waals surface area contributed by atoms with Gasteiger partial charge < -0.3 is 4.74 Å². The van der Waals surface area contributed by atoms with E-state index in [1.165, 1.54) is 18.6 Å². The van der Waals surface area contributed by atoms with Crippen molar-refractivity contribution in [2.45, 2.75) is 17.4 Å². The maximum Gasteiger partial charge on any atom is 0.246 e. The first-order valence-corrected chi connectivity index (χ1v) is 8.29. The summed E-state index contributed by atoms with van der Waals surface area (Å²) in [5.41, 5.74) is 0. The van der Waals surface area contributed by atoms with Gasteiger partial charge in [-0.15, -0.1) is 0 Å². The summed E-state index contributed by atoms with van der Waals surface area (Å²) in [5, 5.41) is 0. The fraction of sp³-hybridized carbons (Fsp3) is 0.286. The van der Waals surface area contributed by atoms with Crippen LogP contribution in [0.2, 0.25) is 0 Å². The first kappa shape index (κ1) is 15.8. The van der Waals surface area contributed by atoms with E-state index in [9.17, 15) is 17.2 Å². The molecule has 1 aliphatic rings. The highest BCUT2D eigenvalue weighted by atomic mass is 32.2. The third-order valence-electron chi connectivity index (χ3n) is 3.45. The molecule has 1 unspecified atom stereocenters. The molecule has 0 amide bonds. The molecule has 0 aliphatic carbocycles. The lowest BCUT2D eigenvalue weighted by Gasteiger charge is -2.17. The predicted octanol–water partition coefficient (Wildman–Crippen LogP) is 1.60. The van der Waals surface area contributed by atoms with E-state index in [1.807, 2.05) is 0 Å². The molecule has 9 heteroatoms. The van der Waals surface area contributed by atoms with Crippen molar-refractivity contribution in [3.63, 3.8) is 0 Å². The van der Waals surface area contributed by atoms with Crippen molar-refractivity contribution in [2.75, 3.05) is 13.1 Å². The lowest BCUT2D eigenvalue weighted by molar-refractivity contribution is 0.206. The highest BCUT2D eigenvalue weighted by Crippen LogP contribution is 2.25. The average molecular weight is 341 g/mol. The van der Waals surface area contributed by atoms with Crippen molar-refractivity contribution in [1.82, 2.24) is 14.3 Å². The first-order chi connectivity index (χ1) is 11.0. The maximum atomic E-state index is 13.7. The predicted molar refractivity (Wildman–Crippen MR) is 76.2 cm³/mol. The van der Waals surface area contributed by atoms with Crippen LogP contribution in [0.25, 0.3) is 0 Å². The van der Waals surface area contributed by atoms with Crippen molar-refractivity contribution in [3.05, 3.63) is 48.4 Å². The van der Waals surface area contributed by atoms with Crippen molar-refractivity contribution in [2.24, 2.45) is 0 Å². The monoisotopic (exact) mass is 341 g/mol. The SMILES string of the molecule is O=S(=O)(c1ccc(F)cc1F)N1CCC(Oc2cnccn2)C1. The molecule has 1 fully saturated rings. The van der Waals surface area contributed by atoms with Crippen LogP contribution >= 0.6 is 0 Å². The van der Waals surface area contributed by atoms with Crippen LogP contribution < -0.4 is 4.74 Å². The molecule has 2 aromatic rings. The Kier molecular flexibility index (Phi) is 4.22. The second-order valence-electron chi connectivity index (χ2n) is 5.01. The van der Waals surface area contributed by atoms with Gasteiger partial charge in [-0.25, -0.2) is 22.2 Å². The quantitative estimate of drug-likeness (QED) is 0.845. The highest BCUT2D eigenvalue weighted by molar-refractivity contribution is 7.89. The zero-order valence-corrected chi connectivity index (χ0v) is 12.7. The number of sulfonamides is 1. The van der Waals surface area contributed by atoms with Crippen LogP contribution in [-0.2, 0) is 10.0 Å². The van der Waals surface area contributed by atoms with E-state index in [4.69, 9.17) is 4.74 Å². The van der Waals surface area contributed by atoms with E-state index >= 15 is 0 Å². The largest absolute Gasteiger partial charge is 0.472 e. The lowest BCUT2D eigenvalue weighted by atomic mass is 10.3. The minimum Gasteiger partial charge on any atom is -0.472 e. The van der Waals surface area contributed by atoms with Gasteiger partial charge in [0.15, 0.2) is 0 Å². The van der Waals surface area contributed by atoms with Gasteiger partial charge in [-0.2, -0.15) is 4.31 Å². The number of ether oxygens (including phenoxy) is 1. The molecule has 6 nitrogen and oxygen atoms in total. The second-order valence-corrected chi connectivity index (χ2v) is 6.92. The summed E-state index contributed by atoms with van der Waals surface area (Å²) < 4.78 is 58.2. The van der Waals surface area contributed by atoms with Gasteiger partial charge in [-0.05, 0) is 18.6 Å². The highest BCUT2D eigenvalue weighted by Gasteiger charge is 2.35. The molecule has 0 radical (unpaired) electrons. The molecular formula is C14H13F2N3O3S. The number of rotatable bonds is 4. The van der Waals surface area contributed by atoms with Gasteiger partial charge in [0.05, 0.1) is 12.7 Å². The zero-order valence-electron chi connectivity index (χ0n) is 11.9. The van der Waals surface area contributed by atoms with Gasteiger partial charge in [0, 0.05) is 25.0 Å². The van der Waals surface area contributed by atoms with E-state index in [2.05, 4.69) is 9.97 Å². The molecule has 0 spiro atoms. The number of benzene rings is 1. The fourth-order valence-corrected chi connectivity index (χ4v) is 3.88. The Morgan fingerprint density at radius 2 is 2.09 bits per heavy atom. The number of hydrogen-bond donors (Lipinski definition) is 0. The van der Waals surface area contributed by atoms with Gasteiger partial charge in [-0.1, -0.05) is 0 Å². The smallest absolute Gasteiger partial charge is 0.246 e. The van der Waals surface area contributed by atoms with Crippen LogP contribution in [0.15, 0.2) is 41.7 Å². The third kappa shape index (κ3) is 3.30. The summed E-state index contributed by atoms with van der Waals surface area (Å²) in [5.74, 6) is -1.64. The summed E-state index contributed by atoms with van der Waals surface area (Å²) in [4.78, 5) is 7.27. The van der Waals surface area contributed by atoms with E-state index in [0.29, 0.717) is 18.4 Å². The summed E-state index contributed by atoms with van der Waals surface area (Å²) in [6.45, 7) is 0.250. The van der Waals surface area contributed by atoms with Gasteiger partial charge in [0.25, 0.3) is 0 Å². The van der Waals surface area contributed by atoms with Gasteiger partial charge in [-0.3, -0.25) is 4.98 Å². The molecule has 1 aliphatic heterocycles. The zero-order chi connectivity index (χ0) is 16.4. The molecule has 2 heterocycles. The van der Waals surface area contributed by atoms with Gasteiger partial charge in [0.2, 0.25) is 15.9 Å². The van der Waals surface area contributed by atoms with Crippen molar-refractivity contribution >= 4 is 10.0 Å². The molecule has 1 saturated heterocycles. The van der Waals surface area contributed by atoms with Gasteiger partial charge >= 0.3 is 0 Å². The Balaban J connectivity index is 1.75. The van der Waals surface area contributed by atoms with Crippen LogP contribution in [-0.4, -0.2) is 41.9 Å². The van der Waals surface area contributed by atoms with Crippen LogP contribution in [0.3, 0.4) is 0 Å². The fourth-order valence-electron chi connectivity index (χ4n) is 2.35. The summed E-state index contributed by atoms with van der Waals surface area (Å²) >= 11 is 0. The number of halogens is 2. The molecular weight excluding hydrogens is 328 g/mol. The Morgan fingerprint density at radius 1 is 1.26 bits per heavy atom. The van der Waals surface area contributed by atoms with Gasteiger partial charge in [0.1, 0.15) is 22.6 Å². The maximum absolute atomic E-state index is 13.7. The Labute approximate surface area is 131 Å². The average Bonchev–Trinajstić information content (AvgIpc) is 2.97. The molecule has 122 valence electrons. The molecule has 1 atom stereocenters. The van der Waals surface area contributed by atoms with E-state index in [0.717, 1.165) is 16.4 Å². The van der Waals surface area contributed by atoms with E-state index in [-0.39, 0.29) is 13.1 Å². The van der Waals surface area contributed by atoms with E-state index in [1.54, 1.807) is 0 Å². The van der Waals surface area contributed by atoms with Crippen LogP contribution in [0.1, 0.15) is 6.42 Å². The second kappa shape index (κ2) is 6.17. The summed E-state index contributed by atoms with van der Waals surface area (Å²) in [7, 11) is -4.04. The number of hydrogen-bond acceptors (Lipinski definition) is 5. The van der Waals surface area contributed by atoms with Crippen LogP contribution in [0.5, 0.6) is 5.88 Å².